The van der Waals surface area contributed by atoms with E-state index < -0.39 is 5.97 Å². The van der Waals surface area contributed by atoms with Gasteiger partial charge < -0.3 is 15.8 Å². The summed E-state index contributed by atoms with van der Waals surface area (Å²) in [6, 6.07) is 0. The summed E-state index contributed by atoms with van der Waals surface area (Å²) in [7, 11) is 0. The number of hydrogen-bond donors (Lipinski definition) is 2. The number of amides is 1. The van der Waals surface area contributed by atoms with E-state index in [1.165, 1.54) is 0 Å². The van der Waals surface area contributed by atoms with Crippen molar-refractivity contribution in [1.82, 2.24) is 5.32 Å². The SMILES string of the molecule is CCOC(=O)CC(=O)NCCN.Cl. The van der Waals surface area contributed by atoms with Crippen LogP contribution in [0, 0.1) is 0 Å². The lowest BCUT2D eigenvalue weighted by atomic mass is 10.4. The van der Waals surface area contributed by atoms with Crippen molar-refractivity contribution in [3.63, 3.8) is 0 Å². The summed E-state index contributed by atoms with van der Waals surface area (Å²) < 4.78 is 4.56. The molecule has 5 nitrogen and oxygen atoms in total. The van der Waals surface area contributed by atoms with E-state index in [1.807, 2.05) is 0 Å². The molecule has 78 valence electrons. The molecule has 6 heteroatoms. The fourth-order valence-electron chi connectivity index (χ4n) is 0.617. The molecule has 13 heavy (non-hydrogen) atoms. The first-order valence-corrected chi connectivity index (χ1v) is 3.83. The van der Waals surface area contributed by atoms with Gasteiger partial charge in [-0.25, -0.2) is 0 Å². The van der Waals surface area contributed by atoms with E-state index in [9.17, 15) is 9.59 Å². The molecule has 0 aliphatic carbocycles. The van der Waals surface area contributed by atoms with E-state index in [4.69, 9.17) is 5.73 Å². The average molecular weight is 211 g/mol. The lowest BCUT2D eigenvalue weighted by Gasteiger charge is -2.02. The Morgan fingerprint density at radius 1 is 1.46 bits per heavy atom. The molecule has 0 rings (SSSR count). The fraction of sp³-hybridized carbons (Fsp3) is 0.714. The minimum atomic E-state index is -0.507. The van der Waals surface area contributed by atoms with Gasteiger partial charge in [0.1, 0.15) is 6.42 Å². The fourth-order valence-corrected chi connectivity index (χ4v) is 0.617. The second-order valence-electron chi connectivity index (χ2n) is 2.12. The molecular weight excluding hydrogens is 196 g/mol. The maximum Gasteiger partial charge on any atom is 0.315 e. The third kappa shape index (κ3) is 9.10. The monoisotopic (exact) mass is 210 g/mol. The quantitative estimate of drug-likeness (QED) is 0.471. The predicted molar refractivity (Wildman–Crippen MR) is 50.6 cm³/mol. The smallest absolute Gasteiger partial charge is 0.315 e. The Bertz CT molecular complexity index is 164. The van der Waals surface area contributed by atoms with Crippen molar-refractivity contribution in [2.45, 2.75) is 13.3 Å². The Morgan fingerprint density at radius 3 is 2.54 bits per heavy atom. The van der Waals surface area contributed by atoms with Gasteiger partial charge in [0.15, 0.2) is 0 Å². The van der Waals surface area contributed by atoms with Crippen LogP contribution in [0.4, 0.5) is 0 Å². The largest absolute Gasteiger partial charge is 0.466 e. The van der Waals surface area contributed by atoms with Gasteiger partial charge in [0, 0.05) is 13.1 Å². The Hall–Kier alpha value is -0.810. The van der Waals surface area contributed by atoms with Crippen LogP contribution in [0.25, 0.3) is 0 Å². The van der Waals surface area contributed by atoms with Crippen LogP contribution in [0.1, 0.15) is 13.3 Å². The number of nitrogens with one attached hydrogen (secondary N) is 1. The van der Waals surface area contributed by atoms with Crippen LogP contribution in [-0.2, 0) is 14.3 Å². The molecule has 0 atom stereocenters. The molecule has 0 saturated heterocycles. The molecule has 0 unspecified atom stereocenters. The molecule has 0 aromatic rings. The second-order valence-corrected chi connectivity index (χ2v) is 2.12. The Balaban J connectivity index is 0. The van der Waals surface area contributed by atoms with Crippen LogP contribution in [0.3, 0.4) is 0 Å². The molecule has 0 radical (unpaired) electrons. The van der Waals surface area contributed by atoms with Crippen molar-refractivity contribution in [2.24, 2.45) is 5.73 Å². The number of carbonyl (C=O) groups is 2. The van der Waals surface area contributed by atoms with Crippen LogP contribution in [0.2, 0.25) is 0 Å². The summed E-state index contributed by atoms with van der Waals surface area (Å²) in [5.74, 6) is -0.856. The first kappa shape index (κ1) is 14.7. The van der Waals surface area contributed by atoms with Gasteiger partial charge in [-0.1, -0.05) is 0 Å². The lowest BCUT2D eigenvalue weighted by Crippen LogP contribution is -2.30. The summed E-state index contributed by atoms with van der Waals surface area (Å²) in [4.78, 5) is 21.5. The highest BCUT2D eigenvalue weighted by Gasteiger charge is 2.08. The highest BCUT2D eigenvalue weighted by Crippen LogP contribution is 1.85. The number of rotatable bonds is 5. The zero-order valence-electron chi connectivity index (χ0n) is 7.54. The number of ether oxygens (including phenoxy) is 1. The summed E-state index contributed by atoms with van der Waals surface area (Å²) >= 11 is 0. The van der Waals surface area contributed by atoms with Crippen molar-refractivity contribution in [1.29, 1.82) is 0 Å². The van der Waals surface area contributed by atoms with Crippen LogP contribution in [0.5, 0.6) is 0 Å². The standard InChI is InChI=1S/C7H14N2O3.ClH/c1-2-12-7(11)5-6(10)9-4-3-8;/h2-5,8H2,1H3,(H,9,10);1H. The first-order valence-electron chi connectivity index (χ1n) is 3.83. The summed E-state index contributed by atoms with van der Waals surface area (Å²) in [6.07, 6.45) is -0.228. The lowest BCUT2D eigenvalue weighted by molar-refractivity contribution is -0.145. The van der Waals surface area contributed by atoms with Gasteiger partial charge in [-0.15, -0.1) is 12.4 Å². The molecule has 0 heterocycles. The van der Waals surface area contributed by atoms with Gasteiger partial charge in [0.05, 0.1) is 6.61 Å². The van der Waals surface area contributed by atoms with Gasteiger partial charge in [-0.2, -0.15) is 0 Å². The van der Waals surface area contributed by atoms with Crippen LogP contribution in [0.15, 0.2) is 0 Å². The van der Waals surface area contributed by atoms with Crippen LogP contribution >= 0.6 is 12.4 Å². The molecule has 1 amide bonds. The van der Waals surface area contributed by atoms with Crippen LogP contribution < -0.4 is 11.1 Å². The third-order valence-corrected chi connectivity index (χ3v) is 1.08. The van der Waals surface area contributed by atoms with Gasteiger partial charge in [0.2, 0.25) is 5.91 Å². The van der Waals surface area contributed by atoms with E-state index in [1.54, 1.807) is 6.92 Å². The molecule has 0 fully saturated rings. The highest BCUT2D eigenvalue weighted by atomic mass is 35.5. The van der Waals surface area contributed by atoms with Crippen molar-refractivity contribution >= 4 is 24.3 Å². The maximum atomic E-state index is 10.8. The molecule has 0 aromatic heterocycles. The second kappa shape index (κ2) is 9.28. The van der Waals surface area contributed by atoms with Gasteiger partial charge >= 0.3 is 5.97 Å². The van der Waals surface area contributed by atoms with Crippen molar-refractivity contribution < 1.29 is 14.3 Å². The van der Waals surface area contributed by atoms with Crippen molar-refractivity contribution in [3.8, 4) is 0 Å². The molecule has 0 aliphatic rings. The van der Waals surface area contributed by atoms with E-state index in [-0.39, 0.29) is 24.7 Å². The number of hydrogen-bond acceptors (Lipinski definition) is 4. The highest BCUT2D eigenvalue weighted by molar-refractivity contribution is 5.94. The average Bonchev–Trinajstić information content (AvgIpc) is 2.01. The maximum absolute atomic E-state index is 10.8. The summed E-state index contributed by atoms with van der Waals surface area (Å²) in [6.45, 7) is 2.74. The van der Waals surface area contributed by atoms with E-state index in [0.29, 0.717) is 19.7 Å². The van der Waals surface area contributed by atoms with E-state index in [2.05, 4.69) is 10.1 Å². The van der Waals surface area contributed by atoms with Gasteiger partial charge in [-0.05, 0) is 6.92 Å². The van der Waals surface area contributed by atoms with Crippen molar-refractivity contribution in [3.05, 3.63) is 0 Å². The summed E-state index contributed by atoms with van der Waals surface area (Å²) in [5.41, 5.74) is 5.14. The Morgan fingerprint density at radius 2 is 2.08 bits per heavy atom. The minimum Gasteiger partial charge on any atom is -0.466 e. The normalized spacial score (nSPS) is 8.46. The van der Waals surface area contributed by atoms with Crippen LogP contribution in [-0.4, -0.2) is 31.6 Å². The molecule has 0 saturated carbocycles. The molecule has 0 aliphatic heterocycles. The third-order valence-electron chi connectivity index (χ3n) is 1.08. The number of nitrogens with two attached hydrogens (primary N) is 1. The Kier molecular flexibility index (Phi) is 10.5. The molecule has 0 bridgehead atoms. The number of halogens is 1. The zero-order valence-corrected chi connectivity index (χ0v) is 8.36. The first-order chi connectivity index (χ1) is 5.70. The molecule has 0 spiro atoms. The topological polar surface area (TPSA) is 81.4 Å². The van der Waals surface area contributed by atoms with Gasteiger partial charge in [-0.3, -0.25) is 9.59 Å². The molecular formula is C7H15ClN2O3. The predicted octanol–water partition coefficient (Wildman–Crippen LogP) is -0.564. The van der Waals surface area contributed by atoms with Crippen molar-refractivity contribution in [2.75, 3.05) is 19.7 Å². The molecule has 0 aromatic carbocycles. The summed E-state index contributed by atoms with van der Waals surface area (Å²) in [5, 5.41) is 2.46. The number of carbonyl (C=O) groups excluding carboxylic acids is 2. The molecule has 3 N–H and O–H groups in total. The van der Waals surface area contributed by atoms with E-state index >= 15 is 0 Å². The minimum absolute atomic E-state index is 0. The number of esters is 1. The zero-order chi connectivity index (χ0) is 9.40. The van der Waals surface area contributed by atoms with Gasteiger partial charge in [0.25, 0.3) is 0 Å². The Labute approximate surface area is 83.4 Å². The van der Waals surface area contributed by atoms with E-state index in [0.717, 1.165) is 0 Å².